The zero-order chi connectivity index (χ0) is 15.9. The number of aryl methyl sites for hydroxylation is 2. The first-order chi connectivity index (χ1) is 11.2. The van der Waals surface area contributed by atoms with Crippen molar-refractivity contribution in [3.8, 4) is 0 Å². The molecule has 0 bridgehead atoms. The second kappa shape index (κ2) is 5.77. The molecule has 2 fully saturated rings. The van der Waals surface area contributed by atoms with Crippen LogP contribution < -0.4 is 0 Å². The molecule has 1 atom stereocenters. The highest BCUT2D eigenvalue weighted by molar-refractivity contribution is 5.40. The summed E-state index contributed by atoms with van der Waals surface area (Å²) in [5.41, 5.74) is 4.71. The van der Waals surface area contributed by atoms with Crippen LogP contribution in [0.1, 0.15) is 41.5 Å². The minimum atomic E-state index is -0.414. The Labute approximate surface area is 139 Å². The first-order valence-corrected chi connectivity index (χ1v) is 8.75. The van der Waals surface area contributed by atoms with Crippen molar-refractivity contribution in [3.63, 3.8) is 0 Å². The van der Waals surface area contributed by atoms with E-state index in [4.69, 9.17) is 4.74 Å². The van der Waals surface area contributed by atoms with E-state index < -0.39 is 5.72 Å². The van der Waals surface area contributed by atoms with Gasteiger partial charge in [-0.05, 0) is 26.7 Å². The molecule has 0 aliphatic carbocycles. The molecular weight excluding hydrogens is 282 g/mol. The zero-order valence-corrected chi connectivity index (χ0v) is 14.1. The Hall–Kier alpha value is -1.64. The summed E-state index contributed by atoms with van der Waals surface area (Å²) in [5.74, 6) is 0. The Kier molecular flexibility index (Phi) is 3.74. The van der Waals surface area contributed by atoms with E-state index in [1.54, 1.807) is 0 Å². The summed E-state index contributed by atoms with van der Waals surface area (Å²) in [6.07, 6.45) is 3.83. The molecule has 2 nitrogen and oxygen atoms in total. The van der Waals surface area contributed by atoms with Gasteiger partial charge in [0.05, 0.1) is 6.61 Å². The maximum atomic E-state index is 6.60. The fourth-order valence-corrected chi connectivity index (χ4v) is 4.26. The summed E-state index contributed by atoms with van der Waals surface area (Å²) in [7, 11) is 0. The first-order valence-electron chi connectivity index (χ1n) is 8.75. The van der Waals surface area contributed by atoms with Crippen LogP contribution in [0.3, 0.4) is 0 Å². The average molecular weight is 307 g/mol. The predicted molar refractivity (Wildman–Crippen MR) is 93.4 cm³/mol. The Morgan fingerprint density at radius 2 is 1.61 bits per heavy atom. The van der Waals surface area contributed by atoms with E-state index in [-0.39, 0.29) is 0 Å². The van der Waals surface area contributed by atoms with Crippen LogP contribution in [0.5, 0.6) is 0 Å². The minimum Gasteiger partial charge on any atom is -0.350 e. The molecule has 0 radical (unpaired) electrons. The lowest BCUT2D eigenvalue weighted by atomic mass is 9.89. The molecule has 0 aromatic heterocycles. The van der Waals surface area contributed by atoms with Crippen molar-refractivity contribution in [2.24, 2.45) is 0 Å². The molecular formula is C21H25NO. The van der Waals surface area contributed by atoms with Crippen molar-refractivity contribution in [1.82, 2.24) is 4.90 Å². The zero-order valence-electron chi connectivity index (χ0n) is 14.1. The molecule has 2 aromatic rings. The summed E-state index contributed by atoms with van der Waals surface area (Å²) in [6, 6.07) is 18.2. The Morgan fingerprint density at radius 3 is 2.22 bits per heavy atom. The highest BCUT2D eigenvalue weighted by Crippen LogP contribution is 2.46. The van der Waals surface area contributed by atoms with Crippen LogP contribution in [0.15, 0.2) is 48.5 Å². The van der Waals surface area contributed by atoms with Gasteiger partial charge in [0.1, 0.15) is 0 Å². The van der Waals surface area contributed by atoms with Gasteiger partial charge in [0, 0.05) is 23.7 Å². The number of piperidine rings is 1. The molecule has 2 aromatic carbocycles. The number of ether oxygens (including phenoxy) is 1. The second-order valence-corrected chi connectivity index (χ2v) is 7.04. The lowest BCUT2D eigenvalue weighted by Crippen LogP contribution is -2.49. The molecule has 2 aliphatic rings. The van der Waals surface area contributed by atoms with E-state index in [1.807, 2.05) is 0 Å². The van der Waals surface area contributed by atoms with Crippen LogP contribution in [0.2, 0.25) is 0 Å². The van der Waals surface area contributed by atoms with E-state index in [0.29, 0.717) is 6.04 Å². The fraction of sp³-hybridized carbons (Fsp3) is 0.429. The van der Waals surface area contributed by atoms with E-state index in [0.717, 1.165) is 13.2 Å². The van der Waals surface area contributed by atoms with Gasteiger partial charge in [-0.1, -0.05) is 66.1 Å². The third-order valence-electron chi connectivity index (χ3n) is 5.33. The molecule has 0 amide bonds. The largest absolute Gasteiger partial charge is 0.350 e. The summed E-state index contributed by atoms with van der Waals surface area (Å²) in [6.45, 7) is 6.28. The molecule has 4 rings (SSSR count). The number of nitrogens with zero attached hydrogens (tertiary/aromatic N) is 1. The van der Waals surface area contributed by atoms with Crippen molar-refractivity contribution in [2.45, 2.75) is 44.9 Å². The lowest BCUT2D eigenvalue weighted by molar-refractivity contribution is -0.0605. The van der Waals surface area contributed by atoms with Gasteiger partial charge < -0.3 is 4.74 Å². The van der Waals surface area contributed by atoms with Crippen LogP contribution in [0, 0.1) is 13.8 Å². The third kappa shape index (κ3) is 2.41. The van der Waals surface area contributed by atoms with Crippen LogP contribution in [-0.4, -0.2) is 24.1 Å². The number of hydrogen-bond acceptors (Lipinski definition) is 2. The van der Waals surface area contributed by atoms with Crippen molar-refractivity contribution in [2.75, 3.05) is 13.2 Å². The van der Waals surface area contributed by atoms with Crippen LogP contribution in [0.25, 0.3) is 0 Å². The normalized spacial score (nSPS) is 23.7. The van der Waals surface area contributed by atoms with Gasteiger partial charge in [-0.3, -0.25) is 4.90 Å². The van der Waals surface area contributed by atoms with Gasteiger partial charge in [0.25, 0.3) is 0 Å². The molecule has 2 heterocycles. The molecule has 2 saturated heterocycles. The quantitative estimate of drug-likeness (QED) is 0.816. The maximum absolute atomic E-state index is 6.60. The smallest absolute Gasteiger partial charge is 0.174 e. The van der Waals surface area contributed by atoms with Gasteiger partial charge in [-0.25, -0.2) is 0 Å². The highest BCUT2D eigenvalue weighted by atomic mass is 16.5. The molecule has 1 unspecified atom stereocenters. The second-order valence-electron chi connectivity index (χ2n) is 7.04. The van der Waals surface area contributed by atoms with E-state index >= 15 is 0 Å². The maximum Gasteiger partial charge on any atom is 0.174 e. The summed E-state index contributed by atoms with van der Waals surface area (Å²) in [4.78, 5) is 2.61. The predicted octanol–water partition coefficient (Wildman–Crippen LogP) is 4.39. The Balaban J connectivity index is 1.90. The Bertz CT molecular complexity index is 663. The first kappa shape index (κ1) is 14.9. The van der Waals surface area contributed by atoms with E-state index in [9.17, 15) is 0 Å². The van der Waals surface area contributed by atoms with Crippen molar-refractivity contribution < 1.29 is 4.74 Å². The summed E-state index contributed by atoms with van der Waals surface area (Å²) in [5, 5.41) is 0. The van der Waals surface area contributed by atoms with Crippen molar-refractivity contribution in [3.05, 3.63) is 70.8 Å². The molecule has 2 aliphatic heterocycles. The Morgan fingerprint density at radius 1 is 0.957 bits per heavy atom. The molecule has 120 valence electrons. The lowest BCUT2D eigenvalue weighted by Gasteiger charge is -2.42. The number of fused-ring (bicyclic) bond motifs is 1. The molecule has 0 spiro atoms. The van der Waals surface area contributed by atoms with Crippen molar-refractivity contribution in [1.29, 1.82) is 0 Å². The van der Waals surface area contributed by atoms with E-state index in [1.165, 1.54) is 41.5 Å². The average Bonchev–Trinajstić information content (AvgIpc) is 2.95. The summed E-state index contributed by atoms with van der Waals surface area (Å²) >= 11 is 0. The van der Waals surface area contributed by atoms with Gasteiger partial charge in [0.2, 0.25) is 0 Å². The number of benzene rings is 2. The van der Waals surface area contributed by atoms with Gasteiger partial charge >= 0.3 is 0 Å². The van der Waals surface area contributed by atoms with Gasteiger partial charge in [-0.2, -0.15) is 0 Å². The number of hydrogen-bond donors (Lipinski definition) is 0. The van der Waals surface area contributed by atoms with Crippen LogP contribution in [0.4, 0.5) is 0 Å². The third-order valence-corrected chi connectivity index (χ3v) is 5.33. The number of rotatable bonds is 2. The molecule has 0 N–H and O–H groups in total. The van der Waals surface area contributed by atoms with E-state index in [2.05, 4.69) is 67.3 Å². The summed E-state index contributed by atoms with van der Waals surface area (Å²) < 4.78 is 6.60. The van der Waals surface area contributed by atoms with Crippen molar-refractivity contribution >= 4 is 0 Å². The van der Waals surface area contributed by atoms with Gasteiger partial charge in [-0.15, -0.1) is 0 Å². The minimum absolute atomic E-state index is 0.414. The van der Waals surface area contributed by atoms with Crippen LogP contribution in [-0.2, 0) is 10.5 Å². The standard InChI is InChI=1S/C21H25NO/c1-16-7-5-9-18(13-16)21(19-10-6-8-17(2)14-19)22-12-4-3-11-20(22)15-23-21/h5-10,13-14,20H,3-4,11-12,15H2,1-2H3. The molecule has 0 saturated carbocycles. The molecule has 2 heteroatoms. The van der Waals surface area contributed by atoms with Crippen LogP contribution >= 0.6 is 0 Å². The topological polar surface area (TPSA) is 12.5 Å². The highest BCUT2D eigenvalue weighted by Gasteiger charge is 2.50. The fourth-order valence-electron chi connectivity index (χ4n) is 4.26. The monoisotopic (exact) mass is 307 g/mol. The SMILES string of the molecule is Cc1cccc(C2(c3cccc(C)c3)OCC3CCCCN32)c1. The van der Waals surface area contributed by atoms with Gasteiger partial charge in [0.15, 0.2) is 5.72 Å². The molecule has 23 heavy (non-hydrogen) atoms.